The highest BCUT2D eigenvalue weighted by molar-refractivity contribution is 6.16. The molecule has 0 atom stereocenters. The van der Waals surface area contributed by atoms with Crippen LogP contribution in [0.5, 0.6) is 0 Å². The Balaban J connectivity index is 2.42. The summed E-state index contributed by atoms with van der Waals surface area (Å²) in [7, 11) is 0. The molecule has 0 saturated carbocycles. The number of hydrogen-bond donors (Lipinski definition) is 3. The van der Waals surface area contributed by atoms with Crippen LogP contribution in [0.25, 0.3) is 5.70 Å². The first-order valence-corrected chi connectivity index (χ1v) is 6.61. The van der Waals surface area contributed by atoms with Crippen molar-refractivity contribution in [2.24, 2.45) is 11.5 Å². The number of halogens is 1. The second-order valence-electron chi connectivity index (χ2n) is 4.88. The Labute approximate surface area is 127 Å². The summed E-state index contributed by atoms with van der Waals surface area (Å²) in [5, 5.41) is 8.19. The van der Waals surface area contributed by atoms with Crippen LogP contribution in [0, 0.1) is 18.2 Å². The molecule has 0 fully saturated rings. The fourth-order valence-corrected chi connectivity index (χ4v) is 2.18. The van der Waals surface area contributed by atoms with E-state index in [4.69, 9.17) is 16.9 Å². The quantitative estimate of drug-likeness (QED) is 0.757. The van der Waals surface area contributed by atoms with Crippen molar-refractivity contribution in [2.75, 3.05) is 0 Å². The number of amides is 1. The molecule has 2 aromatic rings. The maximum Gasteiger partial charge on any atom is 0.249 e. The summed E-state index contributed by atoms with van der Waals surface area (Å²) in [6.07, 6.45) is 1.43. The molecule has 1 amide bonds. The van der Waals surface area contributed by atoms with Crippen molar-refractivity contribution in [3.63, 3.8) is 0 Å². The molecule has 0 saturated heterocycles. The third kappa shape index (κ3) is 3.20. The van der Waals surface area contributed by atoms with Crippen LogP contribution in [0.15, 0.2) is 48.5 Å². The number of nitrogens with two attached hydrogens (primary N) is 2. The summed E-state index contributed by atoms with van der Waals surface area (Å²) in [4.78, 5) is 11.5. The number of primary amides is 1. The molecule has 0 unspecified atom stereocenters. The summed E-state index contributed by atoms with van der Waals surface area (Å²) in [6.45, 7) is 1.79. The fourth-order valence-electron chi connectivity index (χ4n) is 2.18. The third-order valence-corrected chi connectivity index (χ3v) is 3.28. The molecule has 0 aliphatic rings. The van der Waals surface area contributed by atoms with E-state index in [1.807, 2.05) is 0 Å². The minimum Gasteiger partial charge on any atom is -0.398 e. The Kier molecular flexibility index (Phi) is 4.36. The van der Waals surface area contributed by atoms with Crippen molar-refractivity contribution in [3.05, 3.63) is 76.6 Å². The highest BCUT2D eigenvalue weighted by atomic mass is 19.1. The number of aryl methyl sites for hydroxylation is 1. The number of hydrogen-bond acceptors (Lipinski definition) is 3. The highest BCUT2D eigenvalue weighted by Crippen LogP contribution is 2.17. The molecule has 2 rings (SSSR count). The zero-order valence-corrected chi connectivity index (χ0v) is 12.1. The van der Waals surface area contributed by atoms with E-state index in [9.17, 15) is 9.18 Å². The molecule has 5 heteroatoms. The lowest BCUT2D eigenvalue weighted by molar-refractivity contribution is 0.1000. The van der Waals surface area contributed by atoms with Gasteiger partial charge in [0.25, 0.3) is 0 Å². The Morgan fingerprint density at radius 1 is 1.14 bits per heavy atom. The van der Waals surface area contributed by atoms with Gasteiger partial charge in [0.05, 0.1) is 5.71 Å². The van der Waals surface area contributed by atoms with E-state index in [-0.39, 0.29) is 17.1 Å². The Bertz CT molecular complexity index is 764. The van der Waals surface area contributed by atoms with Crippen LogP contribution in [0.4, 0.5) is 4.39 Å². The topological polar surface area (TPSA) is 93.0 Å². The molecule has 4 nitrogen and oxygen atoms in total. The van der Waals surface area contributed by atoms with Crippen molar-refractivity contribution < 1.29 is 9.18 Å². The number of benzene rings is 2. The molecular formula is C17H16FN3O. The largest absolute Gasteiger partial charge is 0.398 e. The summed E-state index contributed by atoms with van der Waals surface area (Å²) in [5.41, 5.74) is 13.7. The minimum atomic E-state index is -0.600. The zero-order valence-electron chi connectivity index (χ0n) is 12.1. The van der Waals surface area contributed by atoms with Crippen molar-refractivity contribution in [2.45, 2.75) is 6.92 Å². The molecule has 0 radical (unpaired) electrons. The minimum absolute atomic E-state index is 0.0775. The molecular weight excluding hydrogens is 281 g/mol. The van der Waals surface area contributed by atoms with Gasteiger partial charge in [-0.3, -0.25) is 4.79 Å². The Morgan fingerprint density at radius 3 is 2.36 bits per heavy atom. The molecule has 22 heavy (non-hydrogen) atoms. The first-order valence-electron chi connectivity index (χ1n) is 6.61. The van der Waals surface area contributed by atoms with Crippen LogP contribution in [0.3, 0.4) is 0 Å². The highest BCUT2D eigenvalue weighted by Gasteiger charge is 2.13. The molecule has 0 heterocycles. The SMILES string of the molecule is Cc1cccc(C(N)=O)c1C(=N)/C=C(\N)c1ccc(F)cc1. The fraction of sp³-hybridized carbons (Fsp3) is 0.0588. The molecule has 0 aliphatic heterocycles. The van der Waals surface area contributed by atoms with Gasteiger partial charge in [-0.15, -0.1) is 0 Å². The standard InChI is InChI=1S/C17H16FN3O/c1-10-3-2-4-13(17(21)22)16(10)15(20)9-14(19)11-5-7-12(18)8-6-11/h2-9,20H,19H2,1H3,(H2,21,22)/b14-9-,20-15?. The van der Waals surface area contributed by atoms with Crippen molar-refractivity contribution in [1.29, 1.82) is 5.41 Å². The molecule has 112 valence electrons. The number of allylic oxidation sites excluding steroid dienone is 1. The number of carbonyl (C=O) groups excluding carboxylic acids is 1. The molecule has 0 spiro atoms. The maximum atomic E-state index is 12.9. The second-order valence-corrected chi connectivity index (χ2v) is 4.88. The van der Waals surface area contributed by atoms with Gasteiger partial charge in [0.2, 0.25) is 5.91 Å². The Morgan fingerprint density at radius 2 is 1.77 bits per heavy atom. The lowest BCUT2D eigenvalue weighted by atomic mass is 9.96. The molecule has 0 aromatic heterocycles. The zero-order chi connectivity index (χ0) is 16.3. The number of nitrogens with one attached hydrogen (secondary N) is 1. The smallest absolute Gasteiger partial charge is 0.249 e. The van der Waals surface area contributed by atoms with Crippen LogP contribution in [-0.4, -0.2) is 11.6 Å². The van der Waals surface area contributed by atoms with Gasteiger partial charge in [0.1, 0.15) is 5.82 Å². The second kappa shape index (κ2) is 6.22. The number of carbonyl (C=O) groups is 1. The van der Waals surface area contributed by atoms with Crippen LogP contribution < -0.4 is 11.5 Å². The van der Waals surface area contributed by atoms with E-state index in [0.29, 0.717) is 16.8 Å². The van der Waals surface area contributed by atoms with Gasteiger partial charge in [-0.05, 0) is 42.3 Å². The monoisotopic (exact) mass is 297 g/mol. The van der Waals surface area contributed by atoms with Crippen LogP contribution >= 0.6 is 0 Å². The van der Waals surface area contributed by atoms with Gasteiger partial charge in [0.15, 0.2) is 0 Å². The van der Waals surface area contributed by atoms with E-state index < -0.39 is 5.91 Å². The summed E-state index contributed by atoms with van der Waals surface area (Å²) >= 11 is 0. The van der Waals surface area contributed by atoms with Gasteiger partial charge in [-0.25, -0.2) is 4.39 Å². The van der Waals surface area contributed by atoms with Gasteiger partial charge in [0, 0.05) is 16.8 Å². The Hall–Kier alpha value is -2.95. The normalized spacial score (nSPS) is 11.3. The van der Waals surface area contributed by atoms with Crippen molar-refractivity contribution in [3.8, 4) is 0 Å². The molecule has 5 N–H and O–H groups in total. The molecule has 2 aromatic carbocycles. The predicted octanol–water partition coefficient (Wildman–Crippen LogP) is 2.60. The van der Waals surface area contributed by atoms with Gasteiger partial charge in [-0.2, -0.15) is 0 Å². The van der Waals surface area contributed by atoms with Crippen LogP contribution in [0.1, 0.15) is 27.0 Å². The average molecular weight is 297 g/mol. The van der Waals surface area contributed by atoms with Crippen LogP contribution in [-0.2, 0) is 0 Å². The van der Waals surface area contributed by atoms with E-state index in [1.54, 1.807) is 25.1 Å². The number of rotatable bonds is 4. The van der Waals surface area contributed by atoms with E-state index in [2.05, 4.69) is 0 Å². The maximum absolute atomic E-state index is 12.9. The van der Waals surface area contributed by atoms with Gasteiger partial charge >= 0.3 is 0 Å². The first kappa shape index (κ1) is 15.4. The van der Waals surface area contributed by atoms with Gasteiger partial charge < -0.3 is 16.9 Å². The van der Waals surface area contributed by atoms with E-state index in [1.165, 1.54) is 30.3 Å². The van der Waals surface area contributed by atoms with E-state index >= 15 is 0 Å². The van der Waals surface area contributed by atoms with Crippen molar-refractivity contribution >= 4 is 17.3 Å². The summed E-state index contributed by atoms with van der Waals surface area (Å²) < 4.78 is 12.9. The van der Waals surface area contributed by atoms with Crippen LogP contribution in [0.2, 0.25) is 0 Å². The summed E-state index contributed by atoms with van der Waals surface area (Å²) in [6, 6.07) is 10.7. The third-order valence-electron chi connectivity index (χ3n) is 3.28. The van der Waals surface area contributed by atoms with Crippen molar-refractivity contribution in [1.82, 2.24) is 0 Å². The summed E-state index contributed by atoms with van der Waals surface area (Å²) in [5.74, 6) is -0.959. The lowest BCUT2D eigenvalue weighted by Gasteiger charge is -2.10. The van der Waals surface area contributed by atoms with Gasteiger partial charge in [-0.1, -0.05) is 24.3 Å². The molecule has 0 bridgehead atoms. The predicted molar refractivity (Wildman–Crippen MR) is 85.1 cm³/mol. The average Bonchev–Trinajstić information content (AvgIpc) is 2.47. The molecule has 0 aliphatic carbocycles. The lowest BCUT2D eigenvalue weighted by Crippen LogP contribution is -2.17. The van der Waals surface area contributed by atoms with E-state index in [0.717, 1.165) is 5.56 Å². The first-order chi connectivity index (χ1) is 10.4.